The number of hydrogen-bond donors (Lipinski definition) is 4. The average Bonchev–Trinajstić information content (AvgIpc) is 2.59. The Balaban J connectivity index is 2.56. The number of aliphatic carboxylic acids is 1. The minimum Gasteiger partial charge on any atom is -0.480 e. The lowest BCUT2D eigenvalue weighted by atomic mass is 10.0. The summed E-state index contributed by atoms with van der Waals surface area (Å²) < 4.78 is 0. The van der Waals surface area contributed by atoms with Crippen LogP contribution in [0.3, 0.4) is 0 Å². The summed E-state index contributed by atoms with van der Waals surface area (Å²) in [6.07, 6.45) is -0.430. The van der Waals surface area contributed by atoms with Crippen molar-refractivity contribution >= 4 is 17.9 Å². The third-order valence-electron chi connectivity index (χ3n) is 4.30. The van der Waals surface area contributed by atoms with E-state index in [4.69, 9.17) is 10.8 Å². The van der Waals surface area contributed by atoms with Crippen LogP contribution >= 0.6 is 0 Å². The molecule has 7 nitrogen and oxygen atoms in total. The fourth-order valence-electron chi connectivity index (χ4n) is 2.29. The van der Waals surface area contributed by atoms with E-state index >= 15 is 0 Å². The molecular weight excluding hydrogens is 250 g/mol. The normalized spacial score (nSPS) is 21.3. The lowest BCUT2D eigenvalue weighted by Gasteiger charge is -2.14. The van der Waals surface area contributed by atoms with Crippen LogP contribution in [0, 0.1) is 10.8 Å². The highest BCUT2D eigenvalue weighted by Crippen LogP contribution is 2.62. The summed E-state index contributed by atoms with van der Waals surface area (Å²) in [5.74, 6) is -2.07. The Morgan fingerprint density at radius 1 is 1.21 bits per heavy atom. The van der Waals surface area contributed by atoms with Gasteiger partial charge in [0.1, 0.15) is 6.04 Å². The van der Waals surface area contributed by atoms with Crippen molar-refractivity contribution < 1.29 is 19.5 Å². The number of carbonyl (C=O) groups excluding carboxylic acids is 2. The van der Waals surface area contributed by atoms with E-state index in [1.54, 1.807) is 0 Å². The highest BCUT2D eigenvalue weighted by Gasteiger charge is 2.65. The van der Waals surface area contributed by atoms with Crippen LogP contribution in [0.15, 0.2) is 0 Å². The monoisotopic (exact) mass is 271 g/mol. The largest absolute Gasteiger partial charge is 0.480 e. The van der Waals surface area contributed by atoms with Crippen molar-refractivity contribution in [3.8, 4) is 0 Å². The maximum Gasteiger partial charge on any atom is 0.326 e. The van der Waals surface area contributed by atoms with Gasteiger partial charge in [0, 0.05) is 6.04 Å². The molecule has 0 unspecified atom stereocenters. The molecule has 1 atom stereocenters. The number of hydrogen-bond acceptors (Lipinski definition) is 3. The average molecular weight is 271 g/mol. The zero-order valence-electron chi connectivity index (χ0n) is 11.6. The van der Waals surface area contributed by atoms with Gasteiger partial charge in [-0.1, -0.05) is 27.7 Å². The number of urea groups is 1. The fourth-order valence-corrected chi connectivity index (χ4v) is 2.29. The van der Waals surface area contributed by atoms with Gasteiger partial charge in [0.25, 0.3) is 0 Å². The Hall–Kier alpha value is -1.79. The number of rotatable bonds is 5. The van der Waals surface area contributed by atoms with Gasteiger partial charge >= 0.3 is 12.0 Å². The van der Waals surface area contributed by atoms with Gasteiger partial charge in [-0.15, -0.1) is 0 Å². The highest BCUT2D eigenvalue weighted by atomic mass is 16.4. The summed E-state index contributed by atoms with van der Waals surface area (Å²) in [6.45, 7) is 8.10. The molecule has 0 heterocycles. The molecule has 7 heteroatoms. The second-order valence-electron chi connectivity index (χ2n) is 6.06. The van der Waals surface area contributed by atoms with Gasteiger partial charge in [0.05, 0.1) is 6.42 Å². The van der Waals surface area contributed by atoms with E-state index in [0.717, 1.165) is 0 Å². The Labute approximate surface area is 111 Å². The van der Waals surface area contributed by atoms with Crippen molar-refractivity contribution in [2.45, 2.75) is 46.2 Å². The van der Waals surface area contributed by atoms with E-state index in [0.29, 0.717) is 0 Å². The first-order valence-electron chi connectivity index (χ1n) is 6.08. The van der Waals surface area contributed by atoms with Crippen LogP contribution in [0.4, 0.5) is 4.79 Å². The first kappa shape index (κ1) is 15.3. The number of carboxylic acid groups (broad SMARTS) is 1. The van der Waals surface area contributed by atoms with E-state index in [2.05, 4.69) is 10.6 Å². The van der Waals surface area contributed by atoms with Crippen LogP contribution < -0.4 is 16.4 Å². The molecule has 0 saturated heterocycles. The number of carbonyl (C=O) groups is 3. The third-order valence-corrected chi connectivity index (χ3v) is 4.30. The quantitative estimate of drug-likeness (QED) is 0.564. The van der Waals surface area contributed by atoms with Crippen molar-refractivity contribution in [2.75, 3.05) is 0 Å². The second-order valence-corrected chi connectivity index (χ2v) is 6.06. The number of carboxylic acids is 1. The first-order valence-corrected chi connectivity index (χ1v) is 6.08. The van der Waals surface area contributed by atoms with E-state index in [-0.39, 0.29) is 16.9 Å². The molecule has 108 valence electrons. The van der Waals surface area contributed by atoms with Gasteiger partial charge in [0.15, 0.2) is 0 Å². The third kappa shape index (κ3) is 2.97. The van der Waals surface area contributed by atoms with Crippen molar-refractivity contribution in [3.05, 3.63) is 0 Å². The molecule has 0 spiro atoms. The predicted octanol–water partition coefficient (Wildman–Crippen LogP) is 0.0488. The first-order chi connectivity index (χ1) is 8.50. The number of primary amides is 1. The summed E-state index contributed by atoms with van der Waals surface area (Å²) in [5.41, 5.74) is 4.83. The minimum absolute atomic E-state index is 0.0389. The molecule has 0 radical (unpaired) electrons. The molecule has 1 aliphatic carbocycles. The standard InChI is InChI=1S/C12H21N3O4/c1-11(2)9(12(11,3)4)15-10(19)14-6(8(17)18)5-7(13)16/h6,9H,5H2,1-4H3,(H2,13,16)(H,17,18)(H2,14,15,19)/t6-/m1/s1. The van der Waals surface area contributed by atoms with Gasteiger partial charge in [0.2, 0.25) is 5.91 Å². The molecule has 0 bridgehead atoms. The van der Waals surface area contributed by atoms with Gasteiger partial charge in [-0.05, 0) is 10.8 Å². The van der Waals surface area contributed by atoms with Gasteiger partial charge in [-0.2, -0.15) is 0 Å². The molecule has 0 aliphatic heterocycles. The van der Waals surface area contributed by atoms with Gasteiger partial charge < -0.3 is 21.5 Å². The van der Waals surface area contributed by atoms with Gasteiger partial charge in [-0.25, -0.2) is 9.59 Å². The van der Waals surface area contributed by atoms with Gasteiger partial charge in [-0.3, -0.25) is 4.79 Å². The molecule has 1 aliphatic rings. The molecular formula is C12H21N3O4. The molecule has 3 amide bonds. The second kappa shape index (κ2) is 4.71. The Kier molecular flexibility index (Phi) is 3.79. The Morgan fingerprint density at radius 3 is 2.00 bits per heavy atom. The van der Waals surface area contributed by atoms with Crippen molar-refractivity contribution in [1.29, 1.82) is 0 Å². The molecule has 19 heavy (non-hydrogen) atoms. The SMILES string of the molecule is CC1(C)C(NC(=O)N[C@H](CC(N)=O)C(=O)O)C1(C)C. The van der Waals surface area contributed by atoms with Crippen LogP contribution in [-0.2, 0) is 9.59 Å². The number of nitrogens with one attached hydrogen (secondary N) is 2. The van der Waals surface area contributed by atoms with E-state index in [1.807, 2.05) is 27.7 Å². The smallest absolute Gasteiger partial charge is 0.326 e. The molecule has 0 aromatic carbocycles. The number of amides is 3. The molecule has 1 rings (SSSR count). The maximum absolute atomic E-state index is 11.7. The predicted molar refractivity (Wildman–Crippen MR) is 68.3 cm³/mol. The highest BCUT2D eigenvalue weighted by molar-refractivity contribution is 5.87. The Bertz CT molecular complexity index is 403. The zero-order chi connectivity index (χ0) is 15.0. The lowest BCUT2D eigenvalue weighted by molar-refractivity contribution is -0.140. The fraction of sp³-hybridized carbons (Fsp3) is 0.750. The summed E-state index contributed by atoms with van der Waals surface area (Å²) in [4.78, 5) is 33.3. The van der Waals surface area contributed by atoms with E-state index in [9.17, 15) is 14.4 Å². The van der Waals surface area contributed by atoms with Crippen LogP contribution in [-0.4, -0.2) is 35.1 Å². The van der Waals surface area contributed by atoms with Crippen molar-refractivity contribution in [3.63, 3.8) is 0 Å². The summed E-state index contributed by atoms with van der Waals surface area (Å²) in [7, 11) is 0. The molecule has 0 aromatic heterocycles. The van der Waals surface area contributed by atoms with Crippen LogP contribution in [0.1, 0.15) is 34.1 Å². The zero-order valence-corrected chi connectivity index (χ0v) is 11.6. The number of nitrogens with two attached hydrogens (primary N) is 1. The lowest BCUT2D eigenvalue weighted by Crippen LogP contribution is -2.49. The molecule has 1 fully saturated rings. The maximum atomic E-state index is 11.7. The minimum atomic E-state index is -1.30. The molecule has 5 N–H and O–H groups in total. The van der Waals surface area contributed by atoms with E-state index < -0.39 is 30.4 Å². The molecule has 0 aromatic rings. The molecule has 1 saturated carbocycles. The summed E-state index contributed by atoms with van der Waals surface area (Å²) in [6, 6.07) is -1.94. The van der Waals surface area contributed by atoms with Crippen LogP contribution in [0.5, 0.6) is 0 Å². The topological polar surface area (TPSA) is 122 Å². The van der Waals surface area contributed by atoms with Crippen molar-refractivity contribution in [2.24, 2.45) is 16.6 Å². The van der Waals surface area contributed by atoms with E-state index in [1.165, 1.54) is 0 Å². The Morgan fingerprint density at radius 2 is 1.68 bits per heavy atom. The van der Waals surface area contributed by atoms with Crippen molar-refractivity contribution in [1.82, 2.24) is 10.6 Å². The summed E-state index contributed by atoms with van der Waals surface area (Å²) in [5, 5.41) is 13.8. The summed E-state index contributed by atoms with van der Waals surface area (Å²) >= 11 is 0. The van der Waals surface area contributed by atoms with Crippen LogP contribution in [0.2, 0.25) is 0 Å². The van der Waals surface area contributed by atoms with Crippen LogP contribution in [0.25, 0.3) is 0 Å².